The molecule has 0 saturated carbocycles. The molecule has 0 spiro atoms. The van der Waals surface area contributed by atoms with E-state index in [0.29, 0.717) is 24.7 Å². The minimum Gasteiger partial charge on any atom is -0.486 e. The third-order valence-corrected chi connectivity index (χ3v) is 9.66. The standard InChI is InChI=1S/C39H34N4O4S/c1-3-46-35-24-23-32-36(41-35)42(2)34(40-32)26-47-31-21-19-27(20-22-31)25-33-37(44)43(38(45)48-33)39(28-13-7-4-8-14-28,29-15-9-5-10-16-29)30-17-11-6-12-18-30/h4-24,33H,3,25-26H2,1-2H3. The number of nitrogens with zero attached hydrogens (tertiary/aromatic N) is 4. The summed E-state index contributed by atoms with van der Waals surface area (Å²) < 4.78 is 13.5. The van der Waals surface area contributed by atoms with E-state index < -0.39 is 10.8 Å². The molecular weight excluding hydrogens is 621 g/mol. The van der Waals surface area contributed by atoms with Crippen LogP contribution in [0.2, 0.25) is 0 Å². The van der Waals surface area contributed by atoms with Gasteiger partial charge in [-0.15, -0.1) is 0 Å². The summed E-state index contributed by atoms with van der Waals surface area (Å²) in [7, 11) is 1.91. The number of thioether (sulfide) groups is 1. The molecule has 7 rings (SSSR count). The molecule has 0 N–H and O–H groups in total. The van der Waals surface area contributed by atoms with Gasteiger partial charge in [-0.2, -0.15) is 4.98 Å². The van der Waals surface area contributed by atoms with E-state index in [2.05, 4.69) is 9.97 Å². The van der Waals surface area contributed by atoms with E-state index in [1.54, 1.807) is 0 Å². The van der Waals surface area contributed by atoms with Crippen LogP contribution in [-0.2, 0) is 30.4 Å². The largest absolute Gasteiger partial charge is 0.486 e. The molecule has 240 valence electrons. The number of hydrogen-bond acceptors (Lipinski definition) is 7. The quantitative estimate of drug-likeness (QED) is 0.133. The zero-order valence-corrected chi connectivity index (χ0v) is 27.5. The highest BCUT2D eigenvalue weighted by Crippen LogP contribution is 2.47. The Morgan fingerprint density at radius 1 is 0.729 bits per heavy atom. The van der Waals surface area contributed by atoms with Crippen molar-refractivity contribution < 1.29 is 19.1 Å². The number of aromatic nitrogens is 3. The minimum atomic E-state index is -1.13. The summed E-state index contributed by atoms with van der Waals surface area (Å²) >= 11 is 1.09. The van der Waals surface area contributed by atoms with Crippen molar-refractivity contribution in [1.29, 1.82) is 0 Å². The number of imidazole rings is 1. The molecule has 1 aliphatic rings. The molecule has 2 amide bonds. The maximum Gasteiger partial charge on any atom is 0.290 e. The predicted molar refractivity (Wildman–Crippen MR) is 187 cm³/mol. The number of benzene rings is 4. The molecule has 0 bridgehead atoms. The van der Waals surface area contributed by atoms with Crippen LogP contribution in [0.5, 0.6) is 11.6 Å². The SMILES string of the molecule is CCOc1ccc2nc(COc3ccc(CC4SC(=O)N(C(c5ccccc5)(c5ccccc5)c5ccccc5)C4=O)cc3)n(C)c2n1. The van der Waals surface area contributed by atoms with Crippen molar-refractivity contribution >= 4 is 34.1 Å². The smallest absolute Gasteiger partial charge is 0.290 e. The van der Waals surface area contributed by atoms with Crippen molar-refractivity contribution in [1.82, 2.24) is 19.4 Å². The molecule has 9 heteroatoms. The molecule has 1 fully saturated rings. The molecule has 8 nitrogen and oxygen atoms in total. The van der Waals surface area contributed by atoms with Gasteiger partial charge < -0.3 is 14.0 Å². The maximum absolute atomic E-state index is 14.4. The van der Waals surface area contributed by atoms with Gasteiger partial charge in [0.25, 0.3) is 5.24 Å². The number of rotatable bonds is 11. The van der Waals surface area contributed by atoms with Crippen LogP contribution in [0.4, 0.5) is 4.79 Å². The molecule has 1 aliphatic heterocycles. The molecule has 4 aromatic carbocycles. The Morgan fingerprint density at radius 3 is 1.88 bits per heavy atom. The van der Waals surface area contributed by atoms with Gasteiger partial charge in [-0.3, -0.25) is 14.5 Å². The third kappa shape index (κ3) is 5.71. The number of fused-ring (bicyclic) bond motifs is 1. The van der Waals surface area contributed by atoms with Crippen LogP contribution in [0.25, 0.3) is 11.2 Å². The first-order valence-electron chi connectivity index (χ1n) is 15.9. The molecule has 1 atom stereocenters. The lowest BCUT2D eigenvalue weighted by Crippen LogP contribution is -2.51. The monoisotopic (exact) mass is 654 g/mol. The van der Waals surface area contributed by atoms with Gasteiger partial charge in [0, 0.05) is 13.1 Å². The Balaban J connectivity index is 1.12. The average Bonchev–Trinajstić information content (AvgIpc) is 3.59. The second-order valence-corrected chi connectivity index (χ2v) is 12.7. The van der Waals surface area contributed by atoms with Crippen LogP contribution < -0.4 is 9.47 Å². The maximum atomic E-state index is 14.4. The van der Waals surface area contributed by atoms with Crippen molar-refractivity contribution in [2.24, 2.45) is 7.05 Å². The zero-order chi connectivity index (χ0) is 33.1. The number of aryl methyl sites for hydroxylation is 1. The molecule has 6 aromatic rings. The first-order valence-corrected chi connectivity index (χ1v) is 16.7. The highest BCUT2D eigenvalue weighted by atomic mass is 32.2. The van der Waals surface area contributed by atoms with Crippen LogP contribution in [0.1, 0.15) is 35.0 Å². The summed E-state index contributed by atoms with van der Waals surface area (Å²) in [5, 5.41) is -0.847. The van der Waals surface area contributed by atoms with Gasteiger partial charge in [0.2, 0.25) is 11.8 Å². The van der Waals surface area contributed by atoms with Gasteiger partial charge >= 0.3 is 0 Å². The lowest BCUT2D eigenvalue weighted by Gasteiger charge is -2.42. The zero-order valence-electron chi connectivity index (χ0n) is 26.7. The topological polar surface area (TPSA) is 86.5 Å². The Kier molecular flexibility index (Phi) is 8.69. The molecule has 2 aromatic heterocycles. The summed E-state index contributed by atoms with van der Waals surface area (Å²) in [6.45, 7) is 2.73. The summed E-state index contributed by atoms with van der Waals surface area (Å²) in [6.07, 6.45) is 0.402. The Hall–Kier alpha value is -5.41. The highest BCUT2D eigenvalue weighted by molar-refractivity contribution is 8.15. The first kappa shape index (κ1) is 31.2. The normalized spacial score (nSPS) is 14.9. The summed E-state index contributed by atoms with van der Waals surface area (Å²) in [4.78, 5) is 39.1. The Morgan fingerprint density at radius 2 is 1.31 bits per heavy atom. The molecular formula is C39H34N4O4S. The minimum absolute atomic E-state index is 0.218. The summed E-state index contributed by atoms with van der Waals surface area (Å²) in [5.41, 5.74) is 3.84. The van der Waals surface area contributed by atoms with E-state index in [4.69, 9.17) is 9.47 Å². The Bertz CT molecular complexity index is 1950. The fourth-order valence-corrected chi connectivity index (χ4v) is 7.41. The lowest BCUT2D eigenvalue weighted by atomic mass is 9.75. The number of pyridine rings is 1. The number of amides is 2. The van der Waals surface area contributed by atoms with Crippen LogP contribution in [0, 0.1) is 0 Å². The van der Waals surface area contributed by atoms with Crippen molar-refractivity contribution in [3.63, 3.8) is 0 Å². The highest BCUT2D eigenvalue weighted by Gasteiger charge is 2.53. The Labute approximate surface area is 283 Å². The van der Waals surface area contributed by atoms with Gasteiger partial charge in [0.15, 0.2) is 5.65 Å². The molecule has 48 heavy (non-hydrogen) atoms. The van der Waals surface area contributed by atoms with E-state index in [1.807, 2.05) is 146 Å². The fourth-order valence-electron chi connectivity index (χ4n) is 6.35. The molecule has 0 aliphatic carbocycles. The number of carbonyl (C=O) groups excluding carboxylic acids is 2. The second-order valence-electron chi connectivity index (χ2n) is 11.5. The number of imide groups is 1. The van der Waals surface area contributed by atoms with E-state index in [0.717, 1.165) is 51.0 Å². The number of hydrogen-bond donors (Lipinski definition) is 0. The summed E-state index contributed by atoms with van der Waals surface area (Å²) in [5.74, 6) is 1.75. The van der Waals surface area contributed by atoms with Gasteiger partial charge in [-0.25, -0.2) is 4.98 Å². The van der Waals surface area contributed by atoms with E-state index in [1.165, 1.54) is 4.90 Å². The van der Waals surface area contributed by atoms with Crippen molar-refractivity contribution in [2.75, 3.05) is 6.61 Å². The van der Waals surface area contributed by atoms with Gasteiger partial charge in [0.1, 0.15) is 29.2 Å². The van der Waals surface area contributed by atoms with Crippen molar-refractivity contribution in [3.05, 3.63) is 155 Å². The number of ether oxygens (including phenoxy) is 2. The van der Waals surface area contributed by atoms with Gasteiger partial charge in [0.05, 0.1) is 11.9 Å². The van der Waals surface area contributed by atoms with E-state index in [-0.39, 0.29) is 17.8 Å². The van der Waals surface area contributed by atoms with Crippen LogP contribution in [0.3, 0.4) is 0 Å². The van der Waals surface area contributed by atoms with E-state index >= 15 is 0 Å². The molecule has 1 unspecified atom stereocenters. The first-order chi connectivity index (χ1) is 23.5. The van der Waals surface area contributed by atoms with Crippen LogP contribution in [0.15, 0.2) is 127 Å². The van der Waals surface area contributed by atoms with Crippen LogP contribution >= 0.6 is 11.8 Å². The fraction of sp³-hybridized carbons (Fsp3) is 0.179. The van der Waals surface area contributed by atoms with Crippen molar-refractivity contribution in [3.8, 4) is 11.6 Å². The predicted octanol–water partition coefficient (Wildman–Crippen LogP) is 7.54. The lowest BCUT2D eigenvalue weighted by molar-refractivity contribution is -0.129. The van der Waals surface area contributed by atoms with Crippen LogP contribution in [-0.4, -0.2) is 42.4 Å². The second kappa shape index (κ2) is 13.4. The average molecular weight is 655 g/mol. The van der Waals surface area contributed by atoms with Gasteiger partial charge in [-0.1, -0.05) is 115 Å². The molecule has 0 radical (unpaired) electrons. The molecule has 3 heterocycles. The number of carbonyl (C=O) groups is 2. The third-order valence-electron chi connectivity index (χ3n) is 8.62. The van der Waals surface area contributed by atoms with E-state index in [9.17, 15) is 9.59 Å². The van der Waals surface area contributed by atoms with Crippen molar-refractivity contribution in [2.45, 2.75) is 30.7 Å². The summed E-state index contributed by atoms with van der Waals surface area (Å²) in [6, 6.07) is 40.8. The molecule has 1 saturated heterocycles. The van der Waals surface area contributed by atoms with Gasteiger partial charge in [-0.05, 0) is 53.8 Å².